The van der Waals surface area contributed by atoms with Crippen molar-refractivity contribution in [1.82, 2.24) is 0 Å². The van der Waals surface area contributed by atoms with Gasteiger partial charge in [-0.15, -0.1) is 0 Å². The van der Waals surface area contributed by atoms with E-state index in [-0.39, 0.29) is 13.2 Å². The zero-order valence-corrected chi connectivity index (χ0v) is 6.49. The summed E-state index contributed by atoms with van der Waals surface area (Å²) in [6.45, 7) is 1.77. The van der Waals surface area contributed by atoms with Crippen LogP contribution in [-0.2, 0) is 9.53 Å². The summed E-state index contributed by atoms with van der Waals surface area (Å²) in [4.78, 5) is 10.6. The van der Waals surface area contributed by atoms with Crippen molar-refractivity contribution in [3.05, 3.63) is 24.3 Å². The van der Waals surface area contributed by atoms with Gasteiger partial charge in [-0.3, -0.25) is 0 Å². The van der Waals surface area contributed by atoms with E-state index in [1.165, 1.54) is 6.08 Å². The van der Waals surface area contributed by atoms with E-state index in [4.69, 9.17) is 5.11 Å². The van der Waals surface area contributed by atoms with Gasteiger partial charge in [-0.25, -0.2) is 4.79 Å². The molecule has 0 saturated carbocycles. The Kier molecular flexibility index (Phi) is 6.33. The van der Waals surface area contributed by atoms with Crippen LogP contribution in [-0.4, -0.2) is 24.3 Å². The van der Waals surface area contributed by atoms with Crippen molar-refractivity contribution in [2.75, 3.05) is 13.2 Å². The number of hydrogen-bond acceptors (Lipinski definition) is 3. The third-order valence-corrected chi connectivity index (χ3v) is 0.871. The molecule has 0 rings (SSSR count). The van der Waals surface area contributed by atoms with E-state index in [1.54, 1.807) is 18.2 Å². The fourth-order valence-corrected chi connectivity index (χ4v) is 0.440. The lowest BCUT2D eigenvalue weighted by Gasteiger charge is -1.95. The van der Waals surface area contributed by atoms with E-state index in [1.807, 2.05) is 6.92 Å². The van der Waals surface area contributed by atoms with Crippen molar-refractivity contribution in [1.29, 1.82) is 0 Å². The summed E-state index contributed by atoms with van der Waals surface area (Å²) < 4.78 is 4.53. The first kappa shape index (κ1) is 9.91. The second kappa shape index (κ2) is 7.02. The second-order valence-electron chi connectivity index (χ2n) is 1.78. The van der Waals surface area contributed by atoms with E-state index in [2.05, 4.69) is 4.74 Å². The molecule has 0 unspecified atom stereocenters. The molecular formula is C8H12O3. The van der Waals surface area contributed by atoms with E-state index < -0.39 is 5.97 Å². The molecule has 0 heterocycles. The lowest BCUT2D eigenvalue weighted by molar-refractivity contribution is -0.138. The summed E-state index contributed by atoms with van der Waals surface area (Å²) in [6.07, 6.45) is 6.41. The molecule has 0 spiro atoms. The van der Waals surface area contributed by atoms with Gasteiger partial charge in [0.05, 0.1) is 6.61 Å². The minimum atomic E-state index is -0.433. The molecule has 0 amide bonds. The maximum Gasteiger partial charge on any atom is 0.330 e. The van der Waals surface area contributed by atoms with Crippen LogP contribution in [0, 0.1) is 0 Å². The highest BCUT2D eigenvalue weighted by molar-refractivity contribution is 5.82. The largest absolute Gasteiger partial charge is 0.460 e. The third-order valence-electron chi connectivity index (χ3n) is 0.871. The van der Waals surface area contributed by atoms with Crippen LogP contribution < -0.4 is 0 Å². The monoisotopic (exact) mass is 156 g/mol. The van der Waals surface area contributed by atoms with Crippen LogP contribution in [0.4, 0.5) is 0 Å². The summed E-state index contributed by atoms with van der Waals surface area (Å²) in [7, 11) is 0. The number of esters is 1. The number of aliphatic hydroxyl groups is 1. The highest BCUT2D eigenvalue weighted by Crippen LogP contribution is 1.82. The maximum absolute atomic E-state index is 10.6. The van der Waals surface area contributed by atoms with Gasteiger partial charge in [-0.1, -0.05) is 18.2 Å². The van der Waals surface area contributed by atoms with Gasteiger partial charge in [0.1, 0.15) is 6.61 Å². The first-order valence-electron chi connectivity index (χ1n) is 3.38. The number of carbonyl (C=O) groups is 1. The standard InChI is InChI=1S/C8H12O3/c1-2-3-4-5-8(10)11-7-6-9/h2-5,9H,6-7H2,1H3/b3-2-,5-4+. The van der Waals surface area contributed by atoms with Crippen molar-refractivity contribution in [3.63, 3.8) is 0 Å². The van der Waals surface area contributed by atoms with Crippen molar-refractivity contribution in [2.24, 2.45) is 0 Å². The zero-order valence-electron chi connectivity index (χ0n) is 6.49. The minimum absolute atomic E-state index is 0.0546. The minimum Gasteiger partial charge on any atom is -0.460 e. The number of ether oxygens (including phenoxy) is 1. The molecule has 0 aromatic rings. The Morgan fingerprint density at radius 1 is 1.55 bits per heavy atom. The van der Waals surface area contributed by atoms with Crippen LogP contribution in [0.15, 0.2) is 24.3 Å². The van der Waals surface area contributed by atoms with Crippen molar-refractivity contribution in [2.45, 2.75) is 6.92 Å². The van der Waals surface area contributed by atoms with Gasteiger partial charge >= 0.3 is 5.97 Å². The normalized spacial score (nSPS) is 11.1. The molecule has 0 aromatic heterocycles. The summed E-state index contributed by atoms with van der Waals surface area (Å²) in [5.41, 5.74) is 0. The molecule has 0 radical (unpaired) electrons. The molecule has 3 heteroatoms. The number of carbonyl (C=O) groups excluding carboxylic acids is 1. The summed E-state index contributed by atoms with van der Waals surface area (Å²) in [5.74, 6) is -0.433. The molecule has 0 aliphatic heterocycles. The van der Waals surface area contributed by atoms with E-state index in [0.29, 0.717) is 0 Å². The van der Waals surface area contributed by atoms with Crippen LogP contribution >= 0.6 is 0 Å². The Bertz CT molecular complexity index is 159. The van der Waals surface area contributed by atoms with E-state index in [9.17, 15) is 4.79 Å². The topological polar surface area (TPSA) is 46.5 Å². The Morgan fingerprint density at radius 2 is 2.27 bits per heavy atom. The molecule has 11 heavy (non-hydrogen) atoms. The van der Waals surface area contributed by atoms with Crippen molar-refractivity contribution < 1.29 is 14.6 Å². The molecule has 0 aromatic carbocycles. The van der Waals surface area contributed by atoms with Gasteiger partial charge in [-0.05, 0) is 6.92 Å². The molecular weight excluding hydrogens is 144 g/mol. The smallest absolute Gasteiger partial charge is 0.330 e. The molecule has 3 nitrogen and oxygen atoms in total. The molecule has 1 N–H and O–H groups in total. The van der Waals surface area contributed by atoms with Crippen LogP contribution in [0.1, 0.15) is 6.92 Å². The molecule has 0 fully saturated rings. The van der Waals surface area contributed by atoms with E-state index >= 15 is 0 Å². The fraction of sp³-hybridized carbons (Fsp3) is 0.375. The molecule has 0 atom stereocenters. The maximum atomic E-state index is 10.6. The van der Waals surface area contributed by atoms with Gasteiger partial charge < -0.3 is 9.84 Å². The van der Waals surface area contributed by atoms with Gasteiger partial charge in [0.25, 0.3) is 0 Å². The molecule has 0 aliphatic rings. The summed E-state index contributed by atoms with van der Waals surface area (Å²) in [6, 6.07) is 0. The van der Waals surface area contributed by atoms with Crippen molar-refractivity contribution >= 4 is 5.97 Å². The predicted molar refractivity (Wildman–Crippen MR) is 42.0 cm³/mol. The number of rotatable bonds is 4. The van der Waals surface area contributed by atoms with Gasteiger partial charge in [0.2, 0.25) is 0 Å². The summed E-state index contributed by atoms with van der Waals surface area (Å²) in [5, 5.41) is 8.27. The molecule has 0 aliphatic carbocycles. The number of allylic oxidation sites excluding steroid dienone is 3. The Hall–Kier alpha value is -1.09. The first-order valence-corrected chi connectivity index (χ1v) is 3.38. The van der Waals surface area contributed by atoms with Crippen LogP contribution in [0.3, 0.4) is 0 Å². The fourth-order valence-electron chi connectivity index (χ4n) is 0.440. The lowest BCUT2D eigenvalue weighted by Crippen LogP contribution is -2.04. The van der Waals surface area contributed by atoms with Gasteiger partial charge in [0.15, 0.2) is 0 Å². The number of aliphatic hydroxyl groups excluding tert-OH is 1. The predicted octanol–water partition coefficient (Wildman–Crippen LogP) is 0.654. The van der Waals surface area contributed by atoms with Crippen LogP contribution in [0.25, 0.3) is 0 Å². The Labute approximate surface area is 66.0 Å². The summed E-state index contributed by atoms with van der Waals surface area (Å²) >= 11 is 0. The SMILES string of the molecule is C/C=C\C=C\C(=O)OCCO. The Morgan fingerprint density at radius 3 is 2.82 bits per heavy atom. The number of hydrogen-bond donors (Lipinski definition) is 1. The van der Waals surface area contributed by atoms with Crippen LogP contribution in [0.5, 0.6) is 0 Å². The third kappa shape index (κ3) is 6.80. The molecule has 0 saturated heterocycles. The van der Waals surface area contributed by atoms with Gasteiger partial charge in [-0.2, -0.15) is 0 Å². The quantitative estimate of drug-likeness (QED) is 0.369. The molecule has 0 bridgehead atoms. The lowest BCUT2D eigenvalue weighted by atomic mass is 10.4. The van der Waals surface area contributed by atoms with Crippen molar-refractivity contribution in [3.8, 4) is 0 Å². The highest BCUT2D eigenvalue weighted by Gasteiger charge is 1.92. The second-order valence-corrected chi connectivity index (χ2v) is 1.78. The molecule has 62 valence electrons. The van der Waals surface area contributed by atoms with Crippen LogP contribution in [0.2, 0.25) is 0 Å². The highest BCUT2D eigenvalue weighted by atomic mass is 16.5. The zero-order chi connectivity index (χ0) is 8.53. The van der Waals surface area contributed by atoms with Gasteiger partial charge in [0, 0.05) is 6.08 Å². The average molecular weight is 156 g/mol. The van der Waals surface area contributed by atoms with E-state index in [0.717, 1.165) is 0 Å². The Balaban J connectivity index is 3.51. The first-order chi connectivity index (χ1) is 5.31. The average Bonchev–Trinajstić information content (AvgIpc) is 2.01.